The number of hydrogen-bond donors (Lipinski definition) is 0. The zero-order valence-electron chi connectivity index (χ0n) is 10.5. The molecule has 1 fully saturated rings. The SMILES string of the molecule is O=S(=O)(C[C@H]1CCCO1)N1CCc2c(F)cccc21. The molecule has 0 N–H and O–H groups in total. The number of nitrogens with zero attached hydrogens (tertiary/aromatic N) is 1. The molecule has 0 radical (unpaired) electrons. The van der Waals surface area contributed by atoms with Gasteiger partial charge in [-0.05, 0) is 31.4 Å². The summed E-state index contributed by atoms with van der Waals surface area (Å²) in [5, 5.41) is 0. The summed E-state index contributed by atoms with van der Waals surface area (Å²) in [7, 11) is -3.43. The van der Waals surface area contributed by atoms with Crippen molar-refractivity contribution in [3.8, 4) is 0 Å². The molecule has 19 heavy (non-hydrogen) atoms. The van der Waals surface area contributed by atoms with E-state index in [0.717, 1.165) is 12.8 Å². The van der Waals surface area contributed by atoms with Gasteiger partial charge in [-0.2, -0.15) is 0 Å². The van der Waals surface area contributed by atoms with Gasteiger partial charge in [0, 0.05) is 18.7 Å². The van der Waals surface area contributed by atoms with E-state index in [1.54, 1.807) is 12.1 Å². The third kappa shape index (κ3) is 2.34. The molecule has 0 saturated carbocycles. The van der Waals surface area contributed by atoms with Gasteiger partial charge in [0.25, 0.3) is 0 Å². The Kier molecular flexibility index (Phi) is 3.22. The molecule has 0 aromatic heterocycles. The molecule has 0 spiro atoms. The maximum Gasteiger partial charge on any atom is 0.237 e. The lowest BCUT2D eigenvalue weighted by atomic mass is 10.1. The van der Waals surface area contributed by atoms with Crippen LogP contribution in [0.15, 0.2) is 18.2 Å². The third-order valence-electron chi connectivity index (χ3n) is 3.68. The lowest BCUT2D eigenvalue weighted by Gasteiger charge is -2.21. The zero-order chi connectivity index (χ0) is 13.5. The number of rotatable bonds is 3. The first-order chi connectivity index (χ1) is 9.08. The minimum Gasteiger partial charge on any atom is -0.377 e. The number of fused-ring (bicyclic) bond motifs is 1. The van der Waals surface area contributed by atoms with Crippen molar-refractivity contribution in [2.24, 2.45) is 0 Å². The second kappa shape index (κ2) is 4.76. The standard InChI is InChI=1S/C13H16FNO3S/c14-12-4-1-5-13-11(12)6-7-15(13)19(16,17)9-10-3-2-8-18-10/h1,4-5,10H,2-3,6-9H2/t10-/m1/s1. The summed E-state index contributed by atoms with van der Waals surface area (Å²) in [6.45, 7) is 0.955. The van der Waals surface area contributed by atoms with E-state index in [1.807, 2.05) is 0 Å². The monoisotopic (exact) mass is 285 g/mol. The predicted molar refractivity (Wildman–Crippen MR) is 70.2 cm³/mol. The van der Waals surface area contributed by atoms with Gasteiger partial charge in [0.05, 0.1) is 17.5 Å². The van der Waals surface area contributed by atoms with E-state index in [9.17, 15) is 12.8 Å². The van der Waals surface area contributed by atoms with Gasteiger partial charge in [0.15, 0.2) is 0 Å². The number of benzene rings is 1. The molecule has 104 valence electrons. The van der Waals surface area contributed by atoms with E-state index in [-0.39, 0.29) is 17.7 Å². The van der Waals surface area contributed by atoms with E-state index in [4.69, 9.17) is 4.74 Å². The Morgan fingerprint density at radius 1 is 1.42 bits per heavy atom. The van der Waals surface area contributed by atoms with E-state index in [2.05, 4.69) is 0 Å². The highest BCUT2D eigenvalue weighted by Crippen LogP contribution is 2.32. The normalized spacial score (nSPS) is 22.8. The zero-order valence-corrected chi connectivity index (χ0v) is 11.3. The molecular formula is C13H16FNO3S. The van der Waals surface area contributed by atoms with Crippen LogP contribution >= 0.6 is 0 Å². The van der Waals surface area contributed by atoms with E-state index < -0.39 is 10.0 Å². The van der Waals surface area contributed by atoms with Gasteiger partial charge >= 0.3 is 0 Å². The summed E-state index contributed by atoms with van der Waals surface area (Å²) >= 11 is 0. The molecular weight excluding hydrogens is 269 g/mol. The van der Waals surface area contributed by atoms with Crippen molar-refractivity contribution in [2.45, 2.75) is 25.4 Å². The Balaban J connectivity index is 1.86. The van der Waals surface area contributed by atoms with Gasteiger partial charge in [0.2, 0.25) is 10.0 Å². The average molecular weight is 285 g/mol. The molecule has 0 aliphatic carbocycles. The summed E-state index contributed by atoms with van der Waals surface area (Å²) in [5.41, 5.74) is 0.983. The van der Waals surface area contributed by atoms with Gasteiger partial charge in [-0.15, -0.1) is 0 Å². The molecule has 2 aliphatic heterocycles. The van der Waals surface area contributed by atoms with Crippen molar-refractivity contribution in [3.05, 3.63) is 29.6 Å². The minimum absolute atomic E-state index is 0.0110. The van der Waals surface area contributed by atoms with Crippen molar-refractivity contribution in [3.63, 3.8) is 0 Å². The largest absolute Gasteiger partial charge is 0.377 e. The van der Waals surface area contributed by atoms with Crippen LogP contribution in [-0.4, -0.2) is 33.4 Å². The number of sulfonamides is 1. The summed E-state index contributed by atoms with van der Waals surface area (Å²) in [5.74, 6) is -0.338. The Bertz CT molecular complexity index is 582. The Labute approximate surface area is 112 Å². The average Bonchev–Trinajstić information content (AvgIpc) is 2.97. The van der Waals surface area contributed by atoms with Crippen LogP contribution in [0.3, 0.4) is 0 Å². The van der Waals surface area contributed by atoms with Crippen LogP contribution in [0.4, 0.5) is 10.1 Å². The molecule has 1 aromatic rings. The highest BCUT2D eigenvalue weighted by atomic mass is 32.2. The van der Waals surface area contributed by atoms with Gasteiger partial charge in [0.1, 0.15) is 5.82 Å². The van der Waals surface area contributed by atoms with Crippen molar-refractivity contribution >= 4 is 15.7 Å². The van der Waals surface area contributed by atoms with Crippen LogP contribution in [0, 0.1) is 5.82 Å². The molecule has 0 amide bonds. The van der Waals surface area contributed by atoms with Crippen molar-refractivity contribution in [2.75, 3.05) is 23.2 Å². The van der Waals surface area contributed by atoms with Crippen LogP contribution in [0.1, 0.15) is 18.4 Å². The van der Waals surface area contributed by atoms with Crippen molar-refractivity contribution in [1.82, 2.24) is 0 Å². The number of hydrogen-bond acceptors (Lipinski definition) is 3. The third-order valence-corrected chi connectivity index (χ3v) is 5.53. The molecule has 1 saturated heterocycles. The molecule has 0 bridgehead atoms. The minimum atomic E-state index is -3.43. The van der Waals surface area contributed by atoms with Crippen LogP contribution in [0.5, 0.6) is 0 Å². The summed E-state index contributed by atoms with van der Waals surface area (Å²) < 4.78 is 45.1. The van der Waals surface area contributed by atoms with E-state index >= 15 is 0 Å². The highest BCUT2D eigenvalue weighted by Gasteiger charge is 2.33. The quantitative estimate of drug-likeness (QED) is 0.849. The second-order valence-corrected chi connectivity index (χ2v) is 6.91. The topological polar surface area (TPSA) is 46.6 Å². The fraction of sp³-hybridized carbons (Fsp3) is 0.538. The van der Waals surface area contributed by atoms with Crippen LogP contribution in [-0.2, 0) is 21.2 Å². The van der Waals surface area contributed by atoms with Gasteiger partial charge in [-0.25, -0.2) is 12.8 Å². The second-order valence-electron chi connectivity index (χ2n) is 4.97. The predicted octanol–water partition coefficient (Wildman–Crippen LogP) is 1.70. The first-order valence-electron chi connectivity index (χ1n) is 6.47. The maximum absolute atomic E-state index is 13.6. The Morgan fingerprint density at radius 2 is 2.26 bits per heavy atom. The van der Waals surface area contributed by atoms with Crippen LogP contribution < -0.4 is 4.31 Å². The van der Waals surface area contributed by atoms with Crippen molar-refractivity contribution in [1.29, 1.82) is 0 Å². The molecule has 0 unspecified atom stereocenters. The first kappa shape index (κ1) is 12.9. The van der Waals surface area contributed by atoms with Gasteiger partial charge < -0.3 is 4.74 Å². The Morgan fingerprint density at radius 3 is 3.00 bits per heavy atom. The van der Waals surface area contributed by atoms with E-state index in [0.29, 0.717) is 30.8 Å². The molecule has 2 heterocycles. The van der Waals surface area contributed by atoms with Crippen LogP contribution in [0.2, 0.25) is 0 Å². The maximum atomic E-state index is 13.6. The smallest absolute Gasteiger partial charge is 0.237 e. The van der Waals surface area contributed by atoms with Crippen molar-refractivity contribution < 1.29 is 17.5 Å². The van der Waals surface area contributed by atoms with Gasteiger partial charge in [-0.1, -0.05) is 6.07 Å². The highest BCUT2D eigenvalue weighted by molar-refractivity contribution is 7.92. The van der Waals surface area contributed by atoms with Crippen LogP contribution in [0.25, 0.3) is 0 Å². The first-order valence-corrected chi connectivity index (χ1v) is 8.08. The Hall–Kier alpha value is -1.14. The fourth-order valence-electron chi connectivity index (χ4n) is 2.75. The lowest BCUT2D eigenvalue weighted by Crippen LogP contribution is -2.35. The fourth-order valence-corrected chi connectivity index (χ4v) is 4.50. The lowest BCUT2D eigenvalue weighted by molar-refractivity contribution is 0.127. The summed E-state index contributed by atoms with van der Waals surface area (Å²) in [6.07, 6.45) is 1.91. The number of anilines is 1. The molecule has 1 atom stereocenters. The van der Waals surface area contributed by atoms with E-state index in [1.165, 1.54) is 10.4 Å². The number of ether oxygens (including phenoxy) is 1. The number of halogens is 1. The summed E-state index contributed by atoms with van der Waals surface area (Å²) in [4.78, 5) is 0. The molecule has 2 aliphatic rings. The summed E-state index contributed by atoms with van der Waals surface area (Å²) in [6, 6.07) is 4.58. The molecule has 3 rings (SSSR count). The molecule has 1 aromatic carbocycles. The van der Waals surface area contributed by atoms with Gasteiger partial charge in [-0.3, -0.25) is 4.31 Å². The molecule has 6 heteroatoms. The molecule has 4 nitrogen and oxygen atoms in total.